The summed E-state index contributed by atoms with van der Waals surface area (Å²) >= 11 is 0. The SMILES string of the molecule is O=C(CCc1cccc(F)c1)N1CCN(C(=O)Cc2ccccc2F)CC1. The number of hydrogen-bond acceptors (Lipinski definition) is 2. The van der Waals surface area contributed by atoms with Crippen LogP contribution in [0.2, 0.25) is 0 Å². The zero-order valence-corrected chi connectivity index (χ0v) is 15.0. The lowest BCUT2D eigenvalue weighted by Crippen LogP contribution is -2.51. The Morgan fingerprint density at radius 3 is 2.19 bits per heavy atom. The van der Waals surface area contributed by atoms with Crippen LogP contribution in [0.3, 0.4) is 0 Å². The molecule has 6 heteroatoms. The van der Waals surface area contributed by atoms with Gasteiger partial charge in [-0.25, -0.2) is 8.78 Å². The molecule has 27 heavy (non-hydrogen) atoms. The molecule has 0 spiro atoms. The second kappa shape index (κ2) is 8.75. The molecule has 0 aromatic heterocycles. The lowest BCUT2D eigenvalue weighted by atomic mass is 10.1. The van der Waals surface area contributed by atoms with Gasteiger partial charge in [-0.3, -0.25) is 9.59 Å². The summed E-state index contributed by atoms with van der Waals surface area (Å²) in [6.45, 7) is 1.81. The number of piperazine rings is 1. The first kappa shape index (κ1) is 19.0. The monoisotopic (exact) mass is 372 g/mol. The Kier molecular flexibility index (Phi) is 6.16. The Labute approximate surface area is 157 Å². The third-order valence-corrected chi connectivity index (χ3v) is 4.80. The van der Waals surface area contributed by atoms with Gasteiger partial charge in [0.25, 0.3) is 0 Å². The fourth-order valence-corrected chi connectivity index (χ4v) is 3.22. The first-order valence-corrected chi connectivity index (χ1v) is 9.06. The molecule has 2 aromatic rings. The molecule has 2 aromatic carbocycles. The minimum atomic E-state index is -0.378. The molecule has 1 aliphatic heterocycles. The van der Waals surface area contributed by atoms with Gasteiger partial charge in [-0.2, -0.15) is 0 Å². The van der Waals surface area contributed by atoms with Crippen molar-refractivity contribution < 1.29 is 18.4 Å². The van der Waals surface area contributed by atoms with Gasteiger partial charge in [-0.1, -0.05) is 30.3 Å². The summed E-state index contributed by atoms with van der Waals surface area (Å²) in [6, 6.07) is 12.5. The maximum atomic E-state index is 13.7. The van der Waals surface area contributed by atoms with Crippen molar-refractivity contribution in [2.24, 2.45) is 0 Å². The molecule has 0 aliphatic carbocycles. The van der Waals surface area contributed by atoms with E-state index in [1.165, 1.54) is 18.2 Å². The van der Waals surface area contributed by atoms with E-state index in [-0.39, 0.29) is 29.9 Å². The van der Waals surface area contributed by atoms with Crippen LogP contribution in [0.1, 0.15) is 17.5 Å². The van der Waals surface area contributed by atoms with Gasteiger partial charge >= 0.3 is 0 Å². The number of hydrogen-bond donors (Lipinski definition) is 0. The van der Waals surface area contributed by atoms with Crippen LogP contribution < -0.4 is 0 Å². The maximum absolute atomic E-state index is 13.7. The molecule has 0 N–H and O–H groups in total. The highest BCUT2D eigenvalue weighted by atomic mass is 19.1. The van der Waals surface area contributed by atoms with Crippen molar-refractivity contribution in [3.05, 3.63) is 71.3 Å². The molecule has 0 saturated carbocycles. The van der Waals surface area contributed by atoms with Crippen molar-refractivity contribution in [2.75, 3.05) is 26.2 Å². The molecule has 1 saturated heterocycles. The quantitative estimate of drug-likeness (QED) is 0.810. The van der Waals surface area contributed by atoms with E-state index in [2.05, 4.69) is 0 Å². The van der Waals surface area contributed by atoms with Crippen LogP contribution in [0.4, 0.5) is 8.78 Å². The molecule has 142 valence electrons. The van der Waals surface area contributed by atoms with Crippen molar-refractivity contribution in [3.63, 3.8) is 0 Å². The normalized spacial score (nSPS) is 14.3. The zero-order valence-electron chi connectivity index (χ0n) is 15.0. The van der Waals surface area contributed by atoms with Crippen molar-refractivity contribution in [3.8, 4) is 0 Å². The van der Waals surface area contributed by atoms with Gasteiger partial charge in [0.2, 0.25) is 11.8 Å². The van der Waals surface area contributed by atoms with Crippen LogP contribution in [-0.4, -0.2) is 47.8 Å². The highest BCUT2D eigenvalue weighted by Gasteiger charge is 2.24. The van der Waals surface area contributed by atoms with Crippen molar-refractivity contribution in [2.45, 2.75) is 19.3 Å². The smallest absolute Gasteiger partial charge is 0.227 e. The Balaban J connectivity index is 1.46. The van der Waals surface area contributed by atoms with Crippen LogP contribution in [0, 0.1) is 11.6 Å². The molecule has 4 nitrogen and oxygen atoms in total. The number of rotatable bonds is 5. The van der Waals surface area contributed by atoms with Gasteiger partial charge in [0.1, 0.15) is 11.6 Å². The number of nitrogens with zero attached hydrogens (tertiary/aromatic N) is 2. The lowest BCUT2D eigenvalue weighted by molar-refractivity contribution is -0.139. The average molecular weight is 372 g/mol. The Morgan fingerprint density at radius 2 is 1.52 bits per heavy atom. The first-order valence-electron chi connectivity index (χ1n) is 9.06. The summed E-state index contributed by atoms with van der Waals surface area (Å²) in [6.07, 6.45) is 0.829. The molecule has 0 unspecified atom stereocenters. The third-order valence-electron chi connectivity index (χ3n) is 4.80. The number of benzene rings is 2. The third kappa shape index (κ3) is 5.12. The van der Waals surface area contributed by atoms with Gasteiger partial charge in [0.05, 0.1) is 6.42 Å². The molecular weight excluding hydrogens is 350 g/mol. The molecule has 0 bridgehead atoms. The lowest BCUT2D eigenvalue weighted by Gasteiger charge is -2.35. The van der Waals surface area contributed by atoms with E-state index in [0.717, 1.165) is 5.56 Å². The minimum Gasteiger partial charge on any atom is -0.339 e. The van der Waals surface area contributed by atoms with Gasteiger partial charge in [0, 0.05) is 32.6 Å². The Morgan fingerprint density at radius 1 is 0.852 bits per heavy atom. The number of halogens is 2. The number of aryl methyl sites for hydroxylation is 1. The summed E-state index contributed by atoms with van der Waals surface area (Å²) in [5.41, 5.74) is 1.18. The second-order valence-corrected chi connectivity index (χ2v) is 6.66. The standard InChI is InChI=1S/C21H22F2N2O2/c22-18-6-3-4-16(14-18)8-9-20(26)24-10-12-25(13-11-24)21(27)15-17-5-1-2-7-19(17)23/h1-7,14H,8-13,15H2. The second-order valence-electron chi connectivity index (χ2n) is 6.66. The predicted octanol–water partition coefficient (Wildman–Crippen LogP) is 2.81. The largest absolute Gasteiger partial charge is 0.339 e. The van der Waals surface area contributed by atoms with E-state index in [4.69, 9.17) is 0 Å². The molecule has 2 amide bonds. The molecular formula is C21H22F2N2O2. The number of carbonyl (C=O) groups is 2. The van der Waals surface area contributed by atoms with Gasteiger partial charge in [0.15, 0.2) is 0 Å². The van der Waals surface area contributed by atoms with E-state index in [1.54, 1.807) is 40.1 Å². The van der Waals surface area contributed by atoms with Crippen molar-refractivity contribution in [1.82, 2.24) is 9.80 Å². The summed E-state index contributed by atoms with van der Waals surface area (Å²) in [5.74, 6) is -0.814. The van der Waals surface area contributed by atoms with Gasteiger partial charge < -0.3 is 9.80 Å². The van der Waals surface area contributed by atoms with Crippen LogP contribution in [0.25, 0.3) is 0 Å². The average Bonchev–Trinajstić information content (AvgIpc) is 2.68. The molecule has 1 aliphatic rings. The van der Waals surface area contributed by atoms with Gasteiger partial charge in [-0.05, 0) is 35.7 Å². The molecule has 0 atom stereocenters. The molecule has 1 heterocycles. The number of amides is 2. The van der Waals surface area contributed by atoms with Crippen LogP contribution in [0.15, 0.2) is 48.5 Å². The van der Waals surface area contributed by atoms with E-state index >= 15 is 0 Å². The molecule has 0 radical (unpaired) electrons. The minimum absolute atomic E-state index is 0.000430. The molecule has 1 fully saturated rings. The molecule has 3 rings (SSSR count). The van der Waals surface area contributed by atoms with Crippen LogP contribution in [0.5, 0.6) is 0 Å². The van der Waals surface area contributed by atoms with E-state index in [0.29, 0.717) is 44.6 Å². The van der Waals surface area contributed by atoms with Crippen LogP contribution >= 0.6 is 0 Å². The van der Waals surface area contributed by atoms with Crippen molar-refractivity contribution >= 4 is 11.8 Å². The number of carbonyl (C=O) groups excluding carboxylic acids is 2. The van der Waals surface area contributed by atoms with Gasteiger partial charge in [-0.15, -0.1) is 0 Å². The fraction of sp³-hybridized carbons (Fsp3) is 0.333. The van der Waals surface area contributed by atoms with E-state index in [1.807, 2.05) is 0 Å². The highest BCUT2D eigenvalue weighted by molar-refractivity contribution is 5.80. The predicted molar refractivity (Wildman–Crippen MR) is 98.0 cm³/mol. The van der Waals surface area contributed by atoms with Crippen molar-refractivity contribution in [1.29, 1.82) is 0 Å². The first-order chi connectivity index (χ1) is 13.0. The Hall–Kier alpha value is -2.76. The summed E-state index contributed by atoms with van der Waals surface area (Å²) in [7, 11) is 0. The fourth-order valence-electron chi connectivity index (χ4n) is 3.22. The van der Waals surface area contributed by atoms with Crippen LogP contribution in [-0.2, 0) is 22.4 Å². The summed E-state index contributed by atoms with van der Waals surface area (Å²) < 4.78 is 26.9. The van der Waals surface area contributed by atoms with E-state index < -0.39 is 0 Å². The topological polar surface area (TPSA) is 40.6 Å². The maximum Gasteiger partial charge on any atom is 0.227 e. The summed E-state index contributed by atoms with van der Waals surface area (Å²) in [4.78, 5) is 28.1. The zero-order chi connectivity index (χ0) is 19.2. The summed E-state index contributed by atoms with van der Waals surface area (Å²) in [5, 5.41) is 0. The van der Waals surface area contributed by atoms with E-state index in [9.17, 15) is 18.4 Å². The Bertz CT molecular complexity index is 817. The highest BCUT2D eigenvalue weighted by Crippen LogP contribution is 2.12.